The second kappa shape index (κ2) is 5.09. The Morgan fingerprint density at radius 2 is 2.16 bits per heavy atom. The number of halogens is 1. The summed E-state index contributed by atoms with van der Waals surface area (Å²) < 4.78 is 40.1. The quantitative estimate of drug-likeness (QED) is 0.867. The number of anilines is 1. The third-order valence-corrected chi connectivity index (χ3v) is 5.77. The van der Waals surface area contributed by atoms with Crippen LogP contribution in [0.25, 0.3) is 0 Å². The van der Waals surface area contributed by atoms with E-state index >= 15 is 0 Å². The van der Waals surface area contributed by atoms with E-state index in [9.17, 15) is 12.8 Å². The van der Waals surface area contributed by atoms with Gasteiger partial charge in [-0.1, -0.05) is 6.92 Å². The summed E-state index contributed by atoms with van der Waals surface area (Å²) in [5.74, 6) is -0.579. The molecule has 1 aliphatic rings. The van der Waals surface area contributed by atoms with Crippen LogP contribution in [0.5, 0.6) is 0 Å². The predicted octanol–water partition coefficient (Wildman–Crippen LogP) is 2.28. The highest BCUT2D eigenvalue weighted by atomic mass is 32.2. The fourth-order valence-electron chi connectivity index (χ4n) is 2.61. The van der Waals surface area contributed by atoms with Gasteiger partial charge < -0.3 is 5.73 Å². The third kappa shape index (κ3) is 2.47. The lowest BCUT2D eigenvalue weighted by Gasteiger charge is -2.24. The summed E-state index contributed by atoms with van der Waals surface area (Å²) in [6.45, 7) is 4.09. The maximum Gasteiger partial charge on any atom is 0.243 e. The third-order valence-electron chi connectivity index (χ3n) is 3.68. The Morgan fingerprint density at radius 3 is 2.79 bits per heavy atom. The zero-order valence-electron chi connectivity index (χ0n) is 11.2. The number of benzene rings is 1. The van der Waals surface area contributed by atoms with Crippen molar-refractivity contribution in [2.24, 2.45) is 0 Å². The number of nitrogen functional groups attached to an aromatic ring is 1. The SMILES string of the molecule is CCC1CCCN1S(=O)(=O)c1cc(N)c(F)cc1C. The minimum absolute atomic E-state index is 0.0377. The van der Waals surface area contributed by atoms with Crippen LogP contribution < -0.4 is 5.73 Å². The maximum absolute atomic E-state index is 13.3. The molecule has 19 heavy (non-hydrogen) atoms. The smallest absolute Gasteiger partial charge is 0.243 e. The molecule has 2 N–H and O–H groups in total. The highest BCUT2D eigenvalue weighted by Crippen LogP contribution is 2.30. The molecule has 0 spiro atoms. The number of nitrogens with zero attached hydrogens (tertiary/aromatic N) is 1. The Morgan fingerprint density at radius 1 is 1.47 bits per heavy atom. The minimum Gasteiger partial charge on any atom is -0.396 e. The van der Waals surface area contributed by atoms with Crippen molar-refractivity contribution in [3.05, 3.63) is 23.5 Å². The molecule has 106 valence electrons. The van der Waals surface area contributed by atoms with Crippen LogP contribution in [0.2, 0.25) is 0 Å². The number of rotatable bonds is 3. The standard InChI is InChI=1S/C13H19FN2O2S/c1-3-10-5-4-6-16(10)19(17,18)13-8-12(15)11(14)7-9(13)2/h7-8,10H,3-6,15H2,1-2H3. The number of aryl methyl sites for hydroxylation is 1. The molecule has 0 radical (unpaired) electrons. The van der Waals surface area contributed by atoms with E-state index in [0.29, 0.717) is 12.1 Å². The summed E-state index contributed by atoms with van der Waals surface area (Å²) in [5, 5.41) is 0. The van der Waals surface area contributed by atoms with Crippen LogP contribution in [0.3, 0.4) is 0 Å². The molecule has 0 bridgehead atoms. The summed E-state index contributed by atoms with van der Waals surface area (Å²) in [6, 6.07) is 2.44. The fraction of sp³-hybridized carbons (Fsp3) is 0.538. The highest BCUT2D eigenvalue weighted by molar-refractivity contribution is 7.89. The summed E-state index contributed by atoms with van der Waals surface area (Å²) in [7, 11) is -3.58. The summed E-state index contributed by atoms with van der Waals surface area (Å²) in [6.07, 6.45) is 2.54. The maximum atomic E-state index is 13.3. The minimum atomic E-state index is -3.58. The zero-order chi connectivity index (χ0) is 14.2. The first-order valence-electron chi connectivity index (χ1n) is 6.45. The molecule has 0 saturated carbocycles. The van der Waals surface area contributed by atoms with E-state index in [1.165, 1.54) is 16.4 Å². The fourth-order valence-corrected chi connectivity index (χ4v) is 4.62. The van der Waals surface area contributed by atoms with Gasteiger partial charge in [0, 0.05) is 12.6 Å². The molecule has 1 atom stereocenters. The van der Waals surface area contributed by atoms with Gasteiger partial charge in [0.05, 0.1) is 10.6 Å². The molecular formula is C13H19FN2O2S. The van der Waals surface area contributed by atoms with Gasteiger partial charge in [0.1, 0.15) is 5.82 Å². The van der Waals surface area contributed by atoms with Gasteiger partial charge in [-0.15, -0.1) is 0 Å². The predicted molar refractivity (Wildman–Crippen MR) is 72.8 cm³/mol. The lowest BCUT2D eigenvalue weighted by molar-refractivity contribution is 0.379. The van der Waals surface area contributed by atoms with Crippen LogP contribution in [-0.2, 0) is 10.0 Å². The molecule has 1 aliphatic heterocycles. The first kappa shape index (κ1) is 14.3. The van der Waals surface area contributed by atoms with E-state index in [1.54, 1.807) is 6.92 Å². The zero-order valence-corrected chi connectivity index (χ0v) is 12.0. The molecular weight excluding hydrogens is 267 g/mol. The van der Waals surface area contributed by atoms with Gasteiger partial charge in [-0.2, -0.15) is 4.31 Å². The Labute approximate surface area is 113 Å². The van der Waals surface area contributed by atoms with Crippen molar-refractivity contribution in [3.8, 4) is 0 Å². The molecule has 1 aromatic carbocycles. The largest absolute Gasteiger partial charge is 0.396 e. The van der Waals surface area contributed by atoms with E-state index in [4.69, 9.17) is 5.73 Å². The van der Waals surface area contributed by atoms with E-state index < -0.39 is 15.8 Å². The lowest BCUT2D eigenvalue weighted by atomic mass is 10.2. The monoisotopic (exact) mass is 286 g/mol. The van der Waals surface area contributed by atoms with Crippen LogP contribution in [0, 0.1) is 12.7 Å². The van der Waals surface area contributed by atoms with Crippen LogP contribution in [-0.4, -0.2) is 25.3 Å². The van der Waals surface area contributed by atoms with Crippen molar-refractivity contribution in [1.29, 1.82) is 0 Å². The van der Waals surface area contributed by atoms with Gasteiger partial charge in [-0.3, -0.25) is 0 Å². The number of hydrogen-bond acceptors (Lipinski definition) is 3. The van der Waals surface area contributed by atoms with E-state index in [1.807, 2.05) is 6.92 Å². The van der Waals surface area contributed by atoms with Gasteiger partial charge >= 0.3 is 0 Å². The normalized spacial score (nSPS) is 20.9. The van der Waals surface area contributed by atoms with E-state index in [2.05, 4.69) is 0 Å². The number of nitrogens with two attached hydrogens (primary N) is 1. The Hall–Kier alpha value is -1.14. The van der Waals surface area contributed by atoms with E-state index in [0.717, 1.165) is 19.3 Å². The highest BCUT2D eigenvalue weighted by Gasteiger charge is 2.35. The van der Waals surface area contributed by atoms with Crippen LogP contribution in [0.1, 0.15) is 31.7 Å². The van der Waals surface area contributed by atoms with Crippen molar-refractivity contribution in [2.75, 3.05) is 12.3 Å². The van der Waals surface area contributed by atoms with Crippen LogP contribution >= 0.6 is 0 Å². The van der Waals surface area contributed by atoms with Crippen LogP contribution in [0.15, 0.2) is 17.0 Å². The second-order valence-corrected chi connectivity index (χ2v) is 6.82. The molecule has 2 rings (SSSR count). The topological polar surface area (TPSA) is 63.4 Å². The van der Waals surface area contributed by atoms with Gasteiger partial charge in [0.2, 0.25) is 10.0 Å². The average molecular weight is 286 g/mol. The molecule has 1 saturated heterocycles. The second-order valence-electron chi connectivity index (χ2n) is 4.96. The van der Waals surface area contributed by atoms with Gasteiger partial charge in [-0.25, -0.2) is 12.8 Å². The molecule has 6 heteroatoms. The first-order valence-corrected chi connectivity index (χ1v) is 7.89. The van der Waals surface area contributed by atoms with Crippen molar-refractivity contribution in [1.82, 2.24) is 4.31 Å². The Bertz CT molecular complexity index is 587. The van der Waals surface area contributed by atoms with Crippen molar-refractivity contribution >= 4 is 15.7 Å². The summed E-state index contributed by atoms with van der Waals surface area (Å²) in [5.41, 5.74) is 5.76. The van der Waals surface area contributed by atoms with Crippen molar-refractivity contribution in [2.45, 2.75) is 44.0 Å². The first-order chi connectivity index (χ1) is 8.87. The number of hydrogen-bond donors (Lipinski definition) is 1. The molecule has 1 heterocycles. The summed E-state index contributed by atoms with van der Waals surface area (Å²) >= 11 is 0. The molecule has 1 unspecified atom stereocenters. The molecule has 1 fully saturated rings. The molecule has 1 aromatic rings. The van der Waals surface area contributed by atoms with Crippen LogP contribution in [0.4, 0.5) is 10.1 Å². The Kier molecular flexibility index (Phi) is 3.82. The van der Waals surface area contributed by atoms with Crippen molar-refractivity contribution in [3.63, 3.8) is 0 Å². The Balaban J connectivity index is 2.48. The van der Waals surface area contributed by atoms with Gasteiger partial charge in [0.15, 0.2) is 0 Å². The summed E-state index contributed by atoms with van der Waals surface area (Å²) in [4.78, 5) is 0.117. The molecule has 0 aromatic heterocycles. The lowest BCUT2D eigenvalue weighted by Crippen LogP contribution is -2.35. The van der Waals surface area contributed by atoms with E-state index in [-0.39, 0.29) is 16.6 Å². The molecule has 0 aliphatic carbocycles. The molecule has 0 amide bonds. The number of sulfonamides is 1. The van der Waals surface area contributed by atoms with Gasteiger partial charge in [0.25, 0.3) is 0 Å². The molecule has 4 nitrogen and oxygen atoms in total. The van der Waals surface area contributed by atoms with Gasteiger partial charge in [-0.05, 0) is 43.9 Å². The van der Waals surface area contributed by atoms with Crippen molar-refractivity contribution < 1.29 is 12.8 Å². The average Bonchev–Trinajstić information content (AvgIpc) is 2.82.